The Kier molecular flexibility index (Phi) is 1.57. The first-order chi connectivity index (χ1) is 5.81. The fourth-order valence-electron chi connectivity index (χ4n) is 1.56. The molecular formula is C9H9NO2. The van der Waals surface area contributed by atoms with Gasteiger partial charge >= 0.3 is 0 Å². The zero-order valence-electron chi connectivity index (χ0n) is 6.62. The highest BCUT2D eigenvalue weighted by molar-refractivity contribution is 5.84. The van der Waals surface area contributed by atoms with E-state index in [2.05, 4.69) is 0 Å². The van der Waals surface area contributed by atoms with Crippen LogP contribution >= 0.6 is 0 Å². The molecule has 0 atom stereocenters. The second-order valence-electron chi connectivity index (χ2n) is 3.00. The molecule has 3 nitrogen and oxygen atoms in total. The van der Waals surface area contributed by atoms with Crippen LogP contribution in [0.2, 0.25) is 0 Å². The van der Waals surface area contributed by atoms with Crippen molar-refractivity contribution < 1.29 is 9.59 Å². The lowest BCUT2D eigenvalue weighted by atomic mass is 10.1. The molecule has 2 rings (SSSR count). The van der Waals surface area contributed by atoms with E-state index >= 15 is 0 Å². The van der Waals surface area contributed by atoms with Crippen LogP contribution in [0.5, 0.6) is 0 Å². The molecule has 0 aliphatic carbocycles. The Morgan fingerprint density at radius 2 is 2.25 bits per heavy atom. The molecule has 3 heteroatoms. The van der Waals surface area contributed by atoms with Gasteiger partial charge in [-0.15, -0.1) is 0 Å². The minimum atomic E-state index is 0.101. The van der Waals surface area contributed by atoms with Gasteiger partial charge in [-0.05, 0) is 18.9 Å². The van der Waals surface area contributed by atoms with E-state index in [-0.39, 0.29) is 5.91 Å². The standard InChI is InChI=1S/C9H9NO2/c11-6-7-4-8-2-1-3-9(12)10(8)5-7/h4-6H,1-3H2. The number of carbonyl (C=O) groups excluding carboxylic acids is 2. The Morgan fingerprint density at radius 1 is 1.42 bits per heavy atom. The van der Waals surface area contributed by atoms with Crippen LogP contribution in [-0.2, 0) is 6.42 Å². The van der Waals surface area contributed by atoms with Gasteiger partial charge in [-0.2, -0.15) is 0 Å². The van der Waals surface area contributed by atoms with Gasteiger partial charge in [-0.3, -0.25) is 14.2 Å². The van der Waals surface area contributed by atoms with Crippen molar-refractivity contribution in [2.75, 3.05) is 0 Å². The van der Waals surface area contributed by atoms with E-state index in [1.165, 1.54) is 0 Å². The largest absolute Gasteiger partial charge is 0.298 e. The van der Waals surface area contributed by atoms with Crippen LogP contribution in [0, 0.1) is 0 Å². The number of hydrogen-bond donors (Lipinski definition) is 0. The van der Waals surface area contributed by atoms with Crippen molar-refractivity contribution in [2.24, 2.45) is 0 Å². The second-order valence-corrected chi connectivity index (χ2v) is 3.00. The third kappa shape index (κ3) is 0.978. The monoisotopic (exact) mass is 163 g/mol. The maximum atomic E-state index is 11.3. The quantitative estimate of drug-likeness (QED) is 0.585. The molecule has 0 amide bonds. The van der Waals surface area contributed by atoms with Gasteiger partial charge in [-0.25, -0.2) is 0 Å². The summed E-state index contributed by atoms with van der Waals surface area (Å²) in [6, 6.07) is 1.78. The van der Waals surface area contributed by atoms with Gasteiger partial charge in [0.15, 0.2) is 6.29 Å². The third-order valence-electron chi connectivity index (χ3n) is 2.15. The summed E-state index contributed by atoms with van der Waals surface area (Å²) < 4.78 is 1.59. The second kappa shape index (κ2) is 2.59. The van der Waals surface area contributed by atoms with E-state index in [0.29, 0.717) is 12.0 Å². The van der Waals surface area contributed by atoms with E-state index in [0.717, 1.165) is 24.8 Å². The Balaban J connectivity index is 2.50. The highest BCUT2D eigenvalue weighted by Gasteiger charge is 2.16. The number of aryl methyl sites for hydroxylation is 1. The molecule has 0 saturated heterocycles. The summed E-state index contributed by atoms with van der Waals surface area (Å²) in [6.45, 7) is 0. The average Bonchev–Trinajstić information content (AvgIpc) is 2.49. The fourth-order valence-corrected chi connectivity index (χ4v) is 1.56. The van der Waals surface area contributed by atoms with Crippen molar-refractivity contribution in [3.8, 4) is 0 Å². The summed E-state index contributed by atoms with van der Waals surface area (Å²) in [5.41, 5.74) is 1.56. The summed E-state index contributed by atoms with van der Waals surface area (Å²) >= 11 is 0. The minimum absolute atomic E-state index is 0.101. The summed E-state index contributed by atoms with van der Waals surface area (Å²) in [7, 11) is 0. The molecule has 0 radical (unpaired) electrons. The van der Waals surface area contributed by atoms with Crippen LogP contribution in [0.3, 0.4) is 0 Å². The minimum Gasteiger partial charge on any atom is -0.298 e. The molecule has 1 aliphatic heterocycles. The summed E-state index contributed by atoms with van der Waals surface area (Å²) in [5, 5.41) is 0. The predicted molar refractivity (Wildman–Crippen MR) is 43.4 cm³/mol. The molecule has 1 aromatic heterocycles. The van der Waals surface area contributed by atoms with E-state index < -0.39 is 0 Å². The van der Waals surface area contributed by atoms with E-state index in [1.807, 2.05) is 0 Å². The van der Waals surface area contributed by atoms with Crippen LogP contribution in [0.1, 0.15) is 33.7 Å². The molecule has 0 spiro atoms. The molecule has 62 valence electrons. The Hall–Kier alpha value is -1.38. The molecule has 0 saturated carbocycles. The Labute approximate surface area is 70.0 Å². The van der Waals surface area contributed by atoms with Crippen LogP contribution < -0.4 is 0 Å². The number of aromatic nitrogens is 1. The smallest absolute Gasteiger partial charge is 0.230 e. The van der Waals surface area contributed by atoms with Gasteiger partial charge in [0.25, 0.3) is 0 Å². The van der Waals surface area contributed by atoms with Gasteiger partial charge in [0.2, 0.25) is 5.91 Å². The normalized spacial score (nSPS) is 15.8. The maximum Gasteiger partial charge on any atom is 0.230 e. The van der Waals surface area contributed by atoms with Crippen molar-refractivity contribution in [3.05, 3.63) is 23.5 Å². The number of nitrogens with zero attached hydrogens (tertiary/aromatic N) is 1. The first-order valence-electron chi connectivity index (χ1n) is 4.01. The molecule has 0 unspecified atom stereocenters. The molecule has 1 aromatic rings. The van der Waals surface area contributed by atoms with Crippen molar-refractivity contribution in [1.82, 2.24) is 4.57 Å². The Bertz CT molecular complexity index is 338. The zero-order chi connectivity index (χ0) is 8.55. The van der Waals surface area contributed by atoms with Gasteiger partial charge in [0.1, 0.15) is 0 Å². The Morgan fingerprint density at radius 3 is 2.92 bits per heavy atom. The predicted octanol–water partition coefficient (Wildman–Crippen LogP) is 1.28. The van der Waals surface area contributed by atoms with Crippen LogP contribution in [0.25, 0.3) is 0 Å². The number of rotatable bonds is 1. The molecule has 0 N–H and O–H groups in total. The molecule has 0 bridgehead atoms. The first-order valence-corrected chi connectivity index (χ1v) is 4.01. The van der Waals surface area contributed by atoms with Crippen LogP contribution in [-0.4, -0.2) is 16.8 Å². The highest BCUT2D eigenvalue weighted by atomic mass is 16.2. The van der Waals surface area contributed by atoms with Crippen molar-refractivity contribution >= 4 is 12.2 Å². The first kappa shape index (κ1) is 7.28. The topological polar surface area (TPSA) is 39.1 Å². The van der Waals surface area contributed by atoms with E-state index in [9.17, 15) is 9.59 Å². The lowest BCUT2D eigenvalue weighted by molar-refractivity contribution is 0.0884. The number of aldehydes is 1. The SMILES string of the molecule is O=Cc1cc2n(c1)C(=O)CCC2. The molecule has 12 heavy (non-hydrogen) atoms. The number of fused-ring (bicyclic) bond motifs is 1. The van der Waals surface area contributed by atoms with Crippen molar-refractivity contribution in [1.29, 1.82) is 0 Å². The number of carbonyl (C=O) groups is 2. The van der Waals surface area contributed by atoms with Crippen LogP contribution in [0.15, 0.2) is 12.3 Å². The van der Waals surface area contributed by atoms with Crippen molar-refractivity contribution in [2.45, 2.75) is 19.3 Å². The maximum absolute atomic E-state index is 11.3. The highest BCUT2D eigenvalue weighted by Crippen LogP contribution is 2.16. The lowest BCUT2D eigenvalue weighted by Crippen LogP contribution is -2.17. The lowest BCUT2D eigenvalue weighted by Gasteiger charge is -2.12. The van der Waals surface area contributed by atoms with Gasteiger partial charge < -0.3 is 0 Å². The molecule has 2 heterocycles. The summed E-state index contributed by atoms with van der Waals surface area (Å²) in [5.74, 6) is 0.101. The van der Waals surface area contributed by atoms with Crippen molar-refractivity contribution in [3.63, 3.8) is 0 Å². The fraction of sp³-hybridized carbons (Fsp3) is 0.333. The number of hydrogen-bond acceptors (Lipinski definition) is 2. The van der Waals surface area contributed by atoms with Gasteiger partial charge in [0.05, 0.1) is 0 Å². The molecule has 1 aliphatic rings. The third-order valence-corrected chi connectivity index (χ3v) is 2.15. The van der Waals surface area contributed by atoms with Gasteiger partial charge in [0, 0.05) is 23.9 Å². The van der Waals surface area contributed by atoms with Gasteiger partial charge in [-0.1, -0.05) is 0 Å². The zero-order valence-corrected chi connectivity index (χ0v) is 6.62. The summed E-state index contributed by atoms with van der Waals surface area (Å²) in [6.07, 6.45) is 4.79. The van der Waals surface area contributed by atoms with E-state index in [4.69, 9.17) is 0 Å². The van der Waals surface area contributed by atoms with E-state index in [1.54, 1.807) is 16.8 Å². The molecular weight excluding hydrogens is 154 g/mol. The average molecular weight is 163 g/mol. The molecule has 0 fully saturated rings. The molecule has 0 aromatic carbocycles. The van der Waals surface area contributed by atoms with Crippen LogP contribution in [0.4, 0.5) is 0 Å². The summed E-state index contributed by atoms with van der Waals surface area (Å²) in [4.78, 5) is 21.7.